The van der Waals surface area contributed by atoms with Gasteiger partial charge in [0.15, 0.2) is 11.2 Å². The zero-order valence-corrected chi connectivity index (χ0v) is 10.1. The molecule has 4 heteroatoms. The van der Waals surface area contributed by atoms with Crippen LogP contribution in [0.2, 0.25) is 0 Å². The molecule has 1 fully saturated rings. The third kappa shape index (κ3) is 1.72. The largest absolute Gasteiger partial charge is 0.437 e. The van der Waals surface area contributed by atoms with Crippen LogP contribution in [0.3, 0.4) is 0 Å². The van der Waals surface area contributed by atoms with Crippen LogP contribution in [0.4, 0.5) is 0 Å². The molecule has 1 aliphatic heterocycles. The molecule has 1 N–H and O–H groups in total. The quantitative estimate of drug-likeness (QED) is 0.882. The lowest BCUT2D eigenvalue weighted by molar-refractivity contribution is 0.279. The highest BCUT2D eigenvalue weighted by Crippen LogP contribution is 2.35. The number of nitrogens with one attached hydrogen (secondary N) is 1. The minimum atomic E-state index is -0.0601. The Balaban J connectivity index is 2.05. The summed E-state index contributed by atoms with van der Waals surface area (Å²) >= 11 is 0. The summed E-state index contributed by atoms with van der Waals surface area (Å²) in [4.78, 5) is 8.78. The molecule has 1 saturated heterocycles. The molecule has 0 saturated carbocycles. The summed E-state index contributed by atoms with van der Waals surface area (Å²) in [7, 11) is 0. The molecule has 4 nitrogen and oxygen atoms in total. The molecule has 17 heavy (non-hydrogen) atoms. The molecule has 3 rings (SSSR count). The fraction of sp³-hybridized carbons (Fsp3) is 0.538. The third-order valence-electron chi connectivity index (χ3n) is 3.49. The minimum Gasteiger partial charge on any atom is -0.437 e. The molecule has 2 aromatic heterocycles. The van der Waals surface area contributed by atoms with Gasteiger partial charge in [0.1, 0.15) is 0 Å². The van der Waals surface area contributed by atoms with Crippen molar-refractivity contribution in [3.8, 4) is 0 Å². The highest BCUT2D eigenvalue weighted by Gasteiger charge is 2.39. The zero-order chi connectivity index (χ0) is 11.7. The molecule has 0 radical (unpaired) electrons. The van der Waals surface area contributed by atoms with Crippen molar-refractivity contribution in [2.75, 3.05) is 6.54 Å². The Morgan fingerprint density at radius 1 is 1.53 bits per heavy atom. The van der Waals surface area contributed by atoms with Crippen molar-refractivity contribution in [1.29, 1.82) is 0 Å². The predicted molar refractivity (Wildman–Crippen MR) is 65.6 cm³/mol. The first-order valence-electron chi connectivity index (χ1n) is 6.31. The molecular weight excluding hydrogens is 214 g/mol. The Kier molecular flexibility index (Phi) is 2.59. The number of rotatable bonds is 3. The first-order chi connectivity index (χ1) is 8.34. The van der Waals surface area contributed by atoms with E-state index in [9.17, 15) is 0 Å². The van der Waals surface area contributed by atoms with Crippen molar-refractivity contribution in [1.82, 2.24) is 15.3 Å². The molecule has 2 aromatic rings. The van der Waals surface area contributed by atoms with Gasteiger partial charge < -0.3 is 9.73 Å². The van der Waals surface area contributed by atoms with Crippen molar-refractivity contribution in [2.24, 2.45) is 0 Å². The summed E-state index contributed by atoms with van der Waals surface area (Å²) in [5, 5.41) is 3.56. The summed E-state index contributed by atoms with van der Waals surface area (Å²) in [6, 6.07) is 3.80. The maximum absolute atomic E-state index is 5.87. The molecule has 0 spiro atoms. The van der Waals surface area contributed by atoms with E-state index in [2.05, 4.69) is 22.2 Å². The van der Waals surface area contributed by atoms with Gasteiger partial charge >= 0.3 is 0 Å². The Labute approximate surface area is 100 Å². The first-order valence-corrected chi connectivity index (χ1v) is 6.31. The molecule has 1 aliphatic rings. The van der Waals surface area contributed by atoms with Gasteiger partial charge in [-0.1, -0.05) is 13.3 Å². The smallest absolute Gasteiger partial charge is 0.217 e. The van der Waals surface area contributed by atoms with Crippen molar-refractivity contribution in [2.45, 2.75) is 38.1 Å². The highest BCUT2D eigenvalue weighted by molar-refractivity contribution is 5.67. The van der Waals surface area contributed by atoms with Crippen LogP contribution in [-0.4, -0.2) is 16.5 Å². The lowest BCUT2D eigenvalue weighted by Gasteiger charge is -2.25. The van der Waals surface area contributed by atoms with Gasteiger partial charge in [-0.3, -0.25) is 0 Å². The Morgan fingerprint density at radius 2 is 2.47 bits per heavy atom. The summed E-state index contributed by atoms with van der Waals surface area (Å²) in [5.41, 5.74) is 1.44. The second-order valence-electron chi connectivity index (χ2n) is 4.71. The highest BCUT2D eigenvalue weighted by atomic mass is 16.4. The monoisotopic (exact) mass is 231 g/mol. The maximum atomic E-state index is 5.87. The second kappa shape index (κ2) is 4.11. The minimum absolute atomic E-state index is 0.0601. The van der Waals surface area contributed by atoms with E-state index in [1.54, 1.807) is 6.20 Å². The molecule has 1 atom stereocenters. The van der Waals surface area contributed by atoms with Gasteiger partial charge in [-0.15, -0.1) is 0 Å². The number of pyridine rings is 1. The summed E-state index contributed by atoms with van der Waals surface area (Å²) < 4.78 is 5.87. The van der Waals surface area contributed by atoms with E-state index in [0.29, 0.717) is 5.65 Å². The van der Waals surface area contributed by atoms with Crippen LogP contribution < -0.4 is 5.32 Å². The van der Waals surface area contributed by atoms with E-state index in [1.807, 2.05) is 12.1 Å². The maximum Gasteiger partial charge on any atom is 0.217 e. The molecule has 0 amide bonds. The van der Waals surface area contributed by atoms with Gasteiger partial charge in [0, 0.05) is 6.20 Å². The molecule has 3 heterocycles. The van der Waals surface area contributed by atoms with Crippen LogP contribution in [0, 0.1) is 0 Å². The van der Waals surface area contributed by atoms with Crippen molar-refractivity contribution >= 4 is 11.2 Å². The van der Waals surface area contributed by atoms with Crippen LogP contribution in [-0.2, 0) is 5.54 Å². The lowest BCUT2D eigenvalue weighted by atomic mass is 9.92. The van der Waals surface area contributed by atoms with Gasteiger partial charge in [0.2, 0.25) is 5.89 Å². The van der Waals surface area contributed by atoms with Crippen molar-refractivity contribution in [3.63, 3.8) is 0 Å². The number of hydrogen-bond donors (Lipinski definition) is 1. The number of fused-ring (bicyclic) bond motifs is 1. The van der Waals surface area contributed by atoms with Gasteiger partial charge in [-0.2, -0.15) is 4.98 Å². The van der Waals surface area contributed by atoms with Gasteiger partial charge in [0.25, 0.3) is 0 Å². The molecule has 1 unspecified atom stereocenters. The number of aromatic nitrogens is 2. The van der Waals surface area contributed by atoms with Crippen LogP contribution in [0.25, 0.3) is 11.2 Å². The number of nitrogens with zero attached hydrogens (tertiary/aromatic N) is 2. The van der Waals surface area contributed by atoms with Crippen molar-refractivity contribution < 1.29 is 4.42 Å². The summed E-state index contributed by atoms with van der Waals surface area (Å²) in [6.45, 7) is 3.24. The fourth-order valence-corrected chi connectivity index (χ4v) is 2.71. The normalized spacial score (nSPS) is 24.5. The summed E-state index contributed by atoms with van der Waals surface area (Å²) in [5.74, 6) is 0.811. The predicted octanol–water partition coefficient (Wildman–Crippen LogP) is 2.60. The SMILES string of the molecule is CCCC1(c2nc3ncccc3o2)CCCN1. The van der Waals surface area contributed by atoms with E-state index in [0.717, 1.165) is 37.3 Å². The second-order valence-corrected chi connectivity index (χ2v) is 4.71. The first kappa shape index (κ1) is 10.7. The molecule has 0 bridgehead atoms. The van der Waals surface area contributed by atoms with Gasteiger partial charge in [0.05, 0.1) is 5.54 Å². The zero-order valence-electron chi connectivity index (χ0n) is 10.1. The topological polar surface area (TPSA) is 51.0 Å². The number of oxazole rings is 1. The average Bonchev–Trinajstić information content (AvgIpc) is 2.95. The lowest BCUT2D eigenvalue weighted by Crippen LogP contribution is -2.36. The van der Waals surface area contributed by atoms with Crippen LogP contribution in [0.5, 0.6) is 0 Å². The molecule has 0 aromatic carbocycles. The Morgan fingerprint density at radius 3 is 3.18 bits per heavy atom. The van der Waals surface area contributed by atoms with E-state index in [1.165, 1.54) is 6.42 Å². The molecular formula is C13H17N3O. The number of hydrogen-bond acceptors (Lipinski definition) is 4. The van der Waals surface area contributed by atoms with E-state index in [-0.39, 0.29) is 5.54 Å². The van der Waals surface area contributed by atoms with Crippen LogP contribution in [0.15, 0.2) is 22.7 Å². The fourth-order valence-electron chi connectivity index (χ4n) is 2.71. The Hall–Kier alpha value is -1.42. The van der Waals surface area contributed by atoms with E-state index in [4.69, 9.17) is 4.42 Å². The average molecular weight is 231 g/mol. The standard InChI is InChI=1S/C13H17N3O/c1-2-6-13(7-4-9-15-13)12-16-11-10(17-12)5-3-8-14-11/h3,5,8,15H,2,4,6-7,9H2,1H3. The van der Waals surface area contributed by atoms with Gasteiger partial charge in [-0.25, -0.2) is 4.98 Å². The van der Waals surface area contributed by atoms with Crippen LogP contribution >= 0.6 is 0 Å². The molecule has 0 aliphatic carbocycles. The van der Waals surface area contributed by atoms with Crippen LogP contribution in [0.1, 0.15) is 38.5 Å². The van der Waals surface area contributed by atoms with E-state index >= 15 is 0 Å². The Bertz CT molecular complexity index is 481. The molecule has 90 valence electrons. The third-order valence-corrected chi connectivity index (χ3v) is 3.49. The van der Waals surface area contributed by atoms with Gasteiger partial charge in [-0.05, 0) is 37.9 Å². The van der Waals surface area contributed by atoms with Crippen molar-refractivity contribution in [3.05, 3.63) is 24.2 Å². The van der Waals surface area contributed by atoms with E-state index < -0.39 is 0 Å². The summed E-state index contributed by atoms with van der Waals surface area (Å²) in [6.07, 6.45) is 6.24.